The summed E-state index contributed by atoms with van der Waals surface area (Å²) in [6.07, 6.45) is 1.40. The van der Waals surface area contributed by atoms with Gasteiger partial charge in [-0.1, -0.05) is 30.3 Å². The predicted molar refractivity (Wildman–Crippen MR) is 107 cm³/mol. The highest BCUT2D eigenvalue weighted by atomic mass is 19.1. The Morgan fingerprint density at radius 3 is 2.32 bits per heavy atom. The molecule has 1 aliphatic heterocycles. The van der Waals surface area contributed by atoms with Gasteiger partial charge in [-0.05, 0) is 24.3 Å². The first-order valence-electron chi connectivity index (χ1n) is 9.13. The van der Waals surface area contributed by atoms with E-state index >= 15 is 0 Å². The van der Waals surface area contributed by atoms with Gasteiger partial charge in [0.25, 0.3) is 5.91 Å². The maximum Gasteiger partial charge on any atom is 0.274 e. The van der Waals surface area contributed by atoms with Crippen molar-refractivity contribution >= 4 is 23.1 Å². The molecular weight excluding hydrogens is 357 g/mol. The summed E-state index contributed by atoms with van der Waals surface area (Å²) < 4.78 is 14.0. The van der Waals surface area contributed by atoms with Gasteiger partial charge in [0.1, 0.15) is 23.7 Å². The van der Waals surface area contributed by atoms with Gasteiger partial charge in [0, 0.05) is 37.9 Å². The Labute approximate surface area is 162 Å². The zero-order chi connectivity index (χ0) is 19.3. The number of amides is 1. The summed E-state index contributed by atoms with van der Waals surface area (Å²) in [7, 11) is 0. The van der Waals surface area contributed by atoms with E-state index in [9.17, 15) is 9.18 Å². The van der Waals surface area contributed by atoms with Crippen molar-refractivity contribution in [2.45, 2.75) is 0 Å². The van der Waals surface area contributed by atoms with Crippen molar-refractivity contribution in [3.05, 3.63) is 78.5 Å². The lowest BCUT2D eigenvalue weighted by Gasteiger charge is -2.36. The molecule has 1 aliphatic rings. The molecule has 7 heteroatoms. The van der Waals surface area contributed by atoms with E-state index in [1.165, 1.54) is 12.4 Å². The molecule has 0 saturated carbocycles. The molecule has 1 amide bonds. The quantitative estimate of drug-likeness (QED) is 0.757. The van der Waals surface area contributed by atoms with Gasteiger partial charge in [-0.15, -0.1) is 0 Å². The fourth-order valence-corrected chi connectivity index (χ4v) is 3.25. The smallest absolute Gasteiger partial charge is 0.274 e. The number of anilines is 3. The van der Waals surface area contributed by atoms with Crippen molar-refractivity contribution in [1.29, 1.82) is 0 Å². The maximum atomic E-state index is 14.0. The van der Waals surface area contributed by atoms with E-state index in [0.29, 0.717) is 49.1 Å². The van der Waals surface area contributed by atoms with Crippen molar-refractivity contribution in [2.75, 3.05) is 41.3 Å². The standard InChI is InChI=1S/C21H20FN5O/c22-17-8-4-5-9-19(17)26-10-12-27(13-11-26)20-14-18(23-15-24-20)21(28)25-16-6-2-1-3-7-16/h1-9,14-15H,10-13H2,(H,25,28). The molecule has 3 aromatic rings. The number of piperazine rings is 1. The van der Waals surface area contributed by atoms with E-state index in [0.717, 1.165) is 0 Å². The maximum absolute atomic E-state index is 14.0. The van der Waals surface area contributed by atoms with Crippen LogP contribution < -0.4 is 15.1 Å². The molecular formula is C21H20FN5O. The third-order valence-electron chi connectivity index (χ3n) is 4.71. The Kier molecular flexibility index (Phi) is 5.14. The molecule has 2 heterocycles. The summed E-state index contributed by atoms with van der Waals surface area (Å²) in [6.45, 7) is 2.73. The molecule has 2 aromatic carbocycles. The van der Waals surface area contributed by atoms with Crippen molar-refractivity contribution in [1.82, 2.24) is 9.97 Å². The summed E-state index contributed by atoms with van der Waals surface area (Å²) in [5.74, 6) is 0.207. The summed E-state index contributed by atoms with van der Waals surface area (Å²) in [6, 6.07) is 17.7. The third kappa shape index (κ3) is 3.93. The largest absolute Gasteiger partial charge is 0.366 e. The van der Waals surface area contributed by atoms with Crippen LogP contribution in [0.3, 0.4) is 0 Å². The highest BCUT2D eigenvalue weighted by Gasteiger charge is 2.21. The van der Waals surface area contributed by atoms with Crippen LogP contribution in [0.2, 0.25) is 0 Å². The lowest BCUT2D eigenvalue weighted by atomic mass is 10.2. The molecule has 0 atom stereocenters. The fraction of sp³-hybridized carbons (Fsp3) is 0.190. The second-order valence-corrected chi connectivity index (χ2v) is 6.51. The highest BCUT2D eigenvalue weighted by Crippen LogP contribution is 2.22. The average molecular weight is 377 g/mol. The SMILES string of the molecule is O=C(Nc1ccccc1)c1cc(N2CCN(c3ccccc3F)CC2)ncn1. The summed E-state index contributed by atoms with van der Waals surface area (Å²) in [4.78, 5) is 25.0. The van der Waals surface area contributed by atoms with E-state index < -0.39 is 0 Å². The molecule has 0 unspecified atom stereocenters. The number of carbonyl (C=O) groups is 1. The molecule has 6 nitrogen and oxygen atoms in total. The number of rotatable bonds is 4. The van der Waals surface area contributed by atoms with E-state index in [1.807, 2.05) is 41.3 Å². The van der Waals surface area contributed by atoms with Crippen molar-refractivity contribution in [3.63, 3.8) is 0 Å². The highest BCUT2D eigenvalue weighted by molar-refractivity contribution is 6.03. The first kappa shape index (κ1) is 17.9. The molecule has 4 rings (SSSR count). The molecule has 142 valence electrons. The van der Waals surface area contributed by atoms with Gasteiger partial charge in [0.05, 0.1) is 5.69 Å². The van der Waals surface area contributed by atoms with Crippen LogP contribution in [0.5, 0.6) is 0 Å². The van der Waals surface area contributed by atoms with Gasteiger partial charge < -0.3 is 15.1 Å². The zero-order valence-corrected chi connectivity index (χ0v) is 15.3. The monoisotopic (exact) mass is 377 g/mol. The fourth-order valence-electron chi connectivity index (χ4n) is 3.25. The molecule has 1 saturated heterocycles. The van der Waals surface area contributed by atoms with Gasteiger partial charge in [-0.2, -0.15) is 0 Å². The molecule has 1 aromatic heterocycles. The van der Waals surface area contributed by atoms with E-state index in [1.54, 1.807) is 18.2 Å². The first-order chi connectivity index (χ1) is 13.7. The Morgan fingerprint density at radius 1 is 0.893 bits per heavy atom. The molecule has 0 radical (unpaired) electrons. The van der Waals surface area contributed by atoms with Crippen LogP contribution in [0.25, 0.3) is 0 Å². The zero-order valence-electron chi connectivity index (χ0n) is 15.3. The number of nitrogens with one attached hydrogen (secondary N) is 1. The summed E-state index contributed by atoms with van der Waals surface area (Å²) in [5.41, 5.74) is 1.64. The molecule has 0 bridgehead atoms. The van der Waals surface area contributed by atoms with Crippen LogP contribution in [-0.4, -0.2) is 42.1 Å². The summed E-state index contributed by atoms with van der Waals surface area (Å²) in [5, 5.41) is 2.83. The lowest BCUT2D eigenvalue weighted by molar-refractivity contribution is 0.102. The number of hydrogen-bond donors (Lipinski definition) is 1. The van der Waals surface area contributed by atoms with Crippen LogP contribution in [-0.2, 0) is 0 Å². The topological polar surface area (TPSA) is 61.4 Å². The van der Waals surface area contributed by atoms with E-state index in [2.05, 4.69) is 20.2 Å². The molecule has 1 fully saturated rings. The number of benzene rings is 2. The third-order valence-corrected chi connectivity index (χ3v) is 4.71. The minimum absolute atomic E-state index is 0.210. The number of halogens is 1. The van der Waals surface area contributed by atoms with Gasteiger partial charge >= 0.3 is 0 Å². The van der Waals surface area contributed by atoms with Gasteiger partial charge in [-0.25, -0.2) is 14.4 Å². The Bertz CT molecular complexity index is 958. The van der Waals surface area contributed by atoms with Crippen molar-refractivity contribution in [3.8, 4) is 0 Å². The van der Waals surface area contributed by atoms with E-state index in [-0.39, 0.29) is 11.7 Å². The Morgan fingerprint density at radius 2 is 1.57 bits per heavy atom. The van der Waals surface area contributed by atoms with E-state index in [4.69, 9.17) is 0 Å². The summed E-state index contributed by atoms with van der Waals surface area (Å²) >= 11 is 0. The van der Waals surface area contributed by atoms with Crippen LogP contribution in [0.15, 0.2) is 67.0 Å². The second kappa shape index (κ2) is 8.04. The van der Waals surface area contributed by atoms with Crippen LogP contribution >= 0.6 is 0 Å². The van der Waals surface area contributed by atoms with Crippen molar-refractivity contribution in [2.24, 2.45) is 0 Å². The molecule has 28 heavy (non-hydrogen) atoms. The molecule has 0 spiro atoms. The first-order valence-corrected chi connectivity index (χ1v) is 9.13. The number of para-hydroxylation sites is 2. The minimum atomic E-state index is -0.278. The Hall–Kier alpha value is -3.48. The van der Waals surface area contributed by atoms with Gasteiger partial charge in [0.2, 0.25) is 0 Å². The number of nitrogens with zero attached hydrogens (tertiary/aromatic N) is 4. The molecule has 1 N–H and O–H groups in total. The van der Waals surface area contributed by atoms with Gasteiger partial charge in [-0.3, -0.25) is 4.79 Å². The lowest BCUT2D eigenvalue weighted by Crippen LogP contribution is -2.47. The normalized spacial score (nSPS) is 14.0. The van der Waals surface area contributed by atoms with Gasteiger partial charge in [0.15, 0.2) is 0 Å². The van der Waals surface area contributed by atoms with Crippen LogP contribution in [0, 0.1) is 5.82 Å². The average Bonchev–Trinajstić information content (AvgIpc) is 2.75. The number of aromatic nitrogens is 2. The predicted octanol–water partition coefficient (Wildman–Crippen LogP) is 3.19. The van der Waals surface area contributed by atoms with Crippen molar-refractivity contribution < 1.29 is 9.18 Å². The molecule has 0 aliphatic carbocycles. The second-order valence-electron chi connectivity index (χ2n) is 6.51. The van der Waals surface area contributed by atoms with Crippen LogP contribution in [0.1, 0.15) is 10.5 Å². The number of hydrogen-bond acceptors (Lipinski definition) is 5. The Balaban J connectivity index is 1.42. The van der Waals surface area contributed by atoms with Crippen LogP contribution in [0.4, 0.5) is 21.6 Å². The number of carbonyl (C=O) groups excluding carboxylic acids is 1. The minimum Gasteiger partial charge on any atom is -0.366 e.